The molecule has 1 radical (unpaired) electrons. The van der Waals surface area contributed by atoms with Crippen molar-refractivity contribution in [2.24, 2.45) is 0 Å². The number of hydrogen-bond acceptors (Lipinski definition) is 2. The van der Waals surface area contributed by atoms with Crippen LogP contribution >= 0.6 is 0 Å². The zero-order chi connectivity index (χ0) is 7.52. The molecule has 0 aliphatic carbocycles. The Balaban J connectivity index is 2.16. The molecule has 0 amide bonds. The first-order chi connectivity index (χ1) is 5.47. The van der Waals surface area contributed by atoms with Gasteiger partial charge in [-0.3, -0.25) is 0 Å². The lowest BCUT2D eigenvalue weighted by atomic mass is 9.74. The summed E-state index contributed by atoms with van der Waals surface area (Å²) in [5.41, 5.74) is 1.30. The lowest BCUT2D eigenvalue weighted by Gasteiger charge is -2.03. The Bertz CT molecular complexity index is 221. The molecule has 55 valence electrons. The van der Waals surface area contributed by atoms with E-state index in [0.717, 1.165) is 6.61 Å². The van der Waals surface area contributed by atoms with Gasteiger partial charge >= 0.3 is 0 Å². The van der Waals surface area contributed by atoms with Crippen LogP contribution in [0.3, 0.4) is 0 Å². The van der Waals surface area contributed by atoms with E-state index in [0.29, 0.717) is 5.82 Å². The van der Waals surface area contributed by atoms with Gasteiger partial charge in [-0.1, -0.05) is 30.3 Å². The van der Waals surface area contributed by atoms with Crippen molar-refractivity contribution in [2.45, 2.75) is 5.82 Å². The van der Waals surface area contributed by atoms with E-state index >= 15 is 0 Å². The highest BCUT2D eigenvalue weighted by molar-refractivity contribution is 6.35. The quantitative estimate of drug-likeness (QED) is 0.593. The fraction of sp³-hybridized carbons (Fsp3) is 0.250. The molecule has 0 saturated carbocycles. The van der Waals surface area contributed by atoms with Crippen LogP contribution in [0.4, 0.5) is 0 Å². The molecule has 1 fully saturated rings. The second-order valence-corrected chi connectivity index (χ2v) is 2.61. The van der Waals surface area contributed by atoms with Crippen LogP contribution in [0.25, 0.3) is 0 Å². The Morgan fingerprint density at radius 1 is 1.36 bits per heavy atom. The smallest absolute Gasteiger partial charge is 0.252 e. The van der Waals surface area contributed by atoms with E-state index in [-0.39, 0.29) is 0 Å². The molecule has 0 spiro atoms. The average Bonchev–Trinajstić information content (AvgIpc) is 2.58. The minimum atomic E-state index is 0.413. The Morgan fingerprint density at radius 2 is 2.18 bits per heavy atom. The summed E-state index contributed by atoms with van der Waals surface area (Å²) in [5.74, 6) is 0.413. The first-order valence-electron chi connectivity index (χ1n) is 3.72. The maximum absolute atomic E-state index is 5.01. The van der Waals surface area contributed by atoms with Crippen LogP contribution in [0.2, 0.25) is 0 Å². The molecule has 1 saturated heterocycles. The third-order valence-electron chi connectivity index (χ3n) is 1.84. The Kier molecular flexibility index (Phi) is 1.92. The summed E-state index contributed by atoms with van der Waals surface area (Å²) in [6.45, 7) is 0.740. The van der Waals surface area contributed by atoms with Crippen molar-refractivity contribution in [1.82, 2.24) is 5.39 Å². The molecule has 3 heteroatoms. The van der Waals surface area contributed by atoms with E-state index in [1.165, 1.54) is 5.56 Å². The molecule has 1 unspecified atom stereocenters. The summed E-state index contributed by atoms with van der Waals surface area (Å²) in [4.78, 5) is 5.01. The Morgan fingerprint density at radius 3 is 2.82 bits per heavy atom. The first kappa shape index (κ1) is 6.89. The van der Waals surface area contributed by atoms with E-state index in [9.17, 15) is 0 Å². The van der Waals surface area contributed by atoms with Crippen molar-refractivity contribution in [1.29, 1.82) is 0 Å². The van der Waals surface area contributed by atoms with Gasteiger partial charge in [0.15, 0.2) is 0 Å². The molecule has 2 rings (SSSR count). The molecule has 1 aliphatic heterocycles. The molecule has 1 aromatic rings. The van der Waals surface area contributed by atoms with Gasteiger partial charge in [0, 0.05) is 5.82 Å². The van der Waals surface area contributed by atoms with Crippen LogP contribution in [0.1, 0.15) is 11.4 Å². The van der Waals surface area contributed by atoms with Crippen LogP contribution < -0.4 is 5.39 Å². The van der Waals surface area contributed by atoms with Crippen LogP contribution in [0.5, 0.6) is 0 Å². The van der Waals surface area contributed by atoms with Crippen molar-refractivity contribution in [3.8, 4) is 0 Å². The van der Waals surface area contributed by atoms with Crippen molar-refractivity contribution < 1.29 is 4.84 Å². The number of rotatable bonds is 1. The fourth-order valence-electron chi connectivity index (χ4n) is 1.21. The second kappa shape index (κ2) is 3.07. The minimum absolute atomic E-state index is 0.413. The van der Waals surface area contributed by atoms with Gasteiger partial charge in [-0.15, -0.1) is 0 Å². The number of nitrogens with one attached hydrogen (secondary N) is 1. The molecule has 0 aromatic heterocycles. The minimum Gasteiger partial charge on any atom is -0.314 e. The molecule has 2 nitrogen and oxygen atoms in total. The SMILES string of the molecule is [B]1NOCC1c1ccccc1. The summed E-state index contributed by atoms with van der Waals surface area (Å²) < 4.78 is 0. The lowest BCUT2D eigenvalue weighted by Crippen LogP contribution is -2.12. The van der Waals surface area contributed by atoms with Gasteiger partial charge in [-0.25, -0.2) is 5.39 Å². The van der Waals surface area contributed by atoms with Gasteiger partial charge in [0.05, 0.1) is 6.61 Å². The largest absolute Gasteiger partial charge is 0.314 e. The van der Waals surface area contributed by atoms with Crippen molar-refractivity contribution in [3.63, 3.8) is 0 Å². The third-order valence-corrected chi connectivity index (χ3v) is 1.84. The Hall–Kier alpha value is -0.795. The van der Waals surface area contributed by atoms with Gasteiger partial charge in [-0.2, -0.15) is 0 Å². The number of hydrogen-bond donors (Lipinski definition) is 1. The second-order valence-electron chi connectivity index (χ2n) is 2.61. The maximum atomic E-state index is 5.01. The van der Waals surface area contributed by atoms with E-state index in [1.54, 1.807) is 0 Å². The summed E-state index contributed by atoms with van der Waals surface area (Å²) in [7, 11) is 1.97. The van der Waals surface area contributed by atoms with Crippen LogP contribution in [-0.2, 0) is 4.84 Å². The first-order valence-corrected chi connectivity index (χ1v) is 3.72. The summed E-state index contributed by atoms with van der Waals surface area (Å²) in [5, 5.41) is 2.75. The zero-order valence-electron chi connectivity index (χ0n) is 6.16. The van der Waals surface area contributed by atoms with E-state index in [2.05, 4.69) is 17.5 Å². The number of benzene rings is 1. The highest BCUT2D eigenvalue weighted by Gasteiger charge is 2.18. The summed E-state index contributed by atoms with van der Waals surface area (Å²) in [6.07, 6.45) is 0. The van der Waals surface area contributed by atoms with Gasteiger partial charge < -0.3 is 4.84 Å². The molecule has 11 heavy (non-hydrogen) atoms. The van der Waals surface area contributed by atoms with Crippen molar-refractivity contribution in [3.05, 3.63) is 35.9 Å². The fourth-order valence-corrected chi connectivity index (χ4v) is 1.21. The molecule has 1 heterocycles. The third kappa shape index (κ3) is 1.44. The molecule has 1 aromatic carbocycles. The van der Waals surface area contributed by atoms with Gasteiger partial charge in [0.1, 0.15) is 0 Å². The van der Waals surface area contributed by atoms with Crippen molar-refractivity contribution in [2.75, 3.05) is 6.61 Å². The van der Waals surface area contributed by atoms with Gasteiger partial charge in [0.25, 0.3) is 7.41 Å². The van der Waals surface area contributed by atoms with Gasteiger partial charge in [0.2, 0.25) is 0 Å². The monoisotopic (exact) mass is 146 g/mol. The summed E-state index contributed by atoms with van der Waals surface area (Å²) in [6, 6.07) is 10.3. The highest BCUT2D eigenvalue weighted by Crippen LogP contribution is 2.15. The Labute approximate surface area is 66.8 Å². The highest BCUT2D eigenvalue weighted by atomic mass is 16.6. The lowest BCUT2D eigenvalue weighted by molar-refractivity contribution is 0.120. The normalized spacial score (nSPS) is 23.1. The van der Waals surface area contributed by atoms with Gasteiger partial charge in [-0.05, 0) is 5.56 Å². The maximum Gasteiger partial charge on any atom is 0.252 e. The average molecular weight is 146 g/mol. The molecular weight excluding hydrogens is 137 g/mol. The van der Waals surface area contributed by atoms with Crippen LogP contribution in [0, 0.1) is 0 Å². The summed E-state index contributed by atoms with van der Waals surface area (Å²) >= 11 is 0. The van der Waals surface area contributed by atoms with Crippen molar-refractivity contribution >= 4 is 7.41 Å². The molecule has 0 bridgehead atoms. The zero-order valence-corrected chi connectivity index (χ0v) is 6.16. The topological polar surface area (TPSA) is 21.3 Å². The molecular formula is C8H9BNO. The van der Waals surface area contributed by atoms with E-state index in [4.69, 9.17) is 4.84 Å². The molecule has 1 atom stereocenters. The van der Waals surface area contributed by atoms with Crippen LogP contribution in [0.15, 0.2) is 30.3 Å². The van der Waals surface area contributed by atoms with E-state index in [1.807, 2.05) is 25.6 Å². The standard InChI is InChI=1S/C8H9BNO/c1-2-4-7(5-3-1)8-6-11-10-9-8/h1-5,8,10H,6H2. The predicted octanol–water partition coefficient (Wildman–Crippen LogP) is 0.882. The van der Waals surface area contributed by atoms with Crippen LogP contribution in [-0.4, -0.2) is 14.0 Å². The molecule has 1 aliphatic rings. The molecule has 1 N–H and O–H groups in total. The van der Waals surface area contributed by atoms with E-state index < -0.39 is 0 Å². The predicted molar refractivity (Wildman–Crippen MR) is 44.0 cm³/mol.